The average Bonchev–Trinajstić information content (AvgIpc) is 2.63. The fourth-order valence-corrected chi connectivity index (χ4v) is 2.65. The number of nitrogens with zero attached hydrogens (tertiary/aromatic N) is 1. The molecule has 0 atom stereocenters. The number of pyridine rings is 1. The quantitative estimate of drug-likeness (QED) is 0.742. The summed E-state index contributed by atoms with van der Waals surface area (Å²) in [7, 11) is 0. The second kappa shape index (κ2) is 7.05. The molecule has 0 amide bonds. The van der Waals surface area contributed by atoms with Gasteiger partial charge < -0.3 is 9.84 Å². The normalized spacial score (nSPS) is 10.4. The second-order valence-corrected chi connectivity index (χ2v) is 5.35. The minimum absolute atomic E-state index is 0.115. The fraction of sp³-hybridized carbons (Fsp3) is 0.100. The summed E-state index contributed by atoms with van der Waals surface area (Å²) in [5, 5.41) is 10.3. The Morgan fingerprint density at radius 1 is 1.04 bits per heavy atom. The molecule has 2 aromatic carbocycles. The highest BCUT2D eigenvalue weighted by atomic mass is 16.5. The lowest BCUT2D eigenvalue weighted by molar-refractivity contribution is 0.0520. The lowest BCUT2D eigenvalue weighted by Gasteiger charge is -2.16. The number of hydrogen-bond donors (Lipinski definition) is 1. The van der Waals surface area contributed by atoms with E-state index in [1.165, 1.54) is 10.6 Å². The number of benzene rings is 2. The molecule has 3 rings (SSSR count). The molecule has 0 fully saturated rings. The van der Waals surface area contributed by atoms with Crippen molar-refractivity contribution in [2.75, 3.05) is 6.61 Å². The van der Waals surface area contributed by atoms with E-state index < -0.39 is 17.3 Å². The van der Waals surface area contributed by atoms with Gasteiger partial charge in [-0.05, 0) is 24.6 Å². The molecule has 1 heterocycles. The minimum Gasteiger partial charge on any atom is -0.507 e. The van der Waals surface area contributed by atoms with Crippen molar-refractivity contribution >= 4 is 5.97 Å². The monoisotopic (exact) mass is 335 g/mol. The van der Waals surface area contributed by atoms with Crippen molar-refractivity contribution in [3.8, 4) is 22.7 Å². The molecule has 0 bridgehead atoms. The van der Waals surface area contributed by atoms with E-state index in [-0.39, 0.29) is 12.2 Å². The highest BCUT2D eigenvalue weighted by molar-refractivity contribution is 5.92. The Bertz CT molecular complexity index is 947. The first-order valence-corrected chi connectivity index (χ1v) is 7.90. The number of aromatic nitrogens is 1. The second-order valence-electron chi connectivity index (χ2n) is 5.35. The number of para-hydroxylation sites is 1. The van der Waals surface area contributed by atoms with Gasteiger partial charge in [0, 0.05) is 11.8 Å². The predicted molar refractivity (Wildman–Crippen MR) is 95.1 cm³/mol. The molecule has 5 nitrogen and oxygen atoms in total. The maximum absolute atomic E-state index is 13.0. The molecule has 5 heteroatoms. The molecule has 0 radical (unpaired) electrons. The summed E-state index contributed by atoms with van der Waals surface area (Å²) in [6, 6.07) is 19.6. The molecule has 126 valence electrons. The van der Waals surface area contributed by atoms with Crippen LogP contribution >= 0.6 is 0 Å². The van der Waals surface area contributed by atoms with Crippen molar-refractivity contribution < 1.29 is 14.6 Å². The van der Waals surface area contributed by atoms with Crippen molar-refractivity contribution in [1.29, 1.82) is 0 Å². The molecular formula is C20H17NO4. The van der Waals surface area contributed by atoms with E-state index in [4.69, 9.17) is 4.74 Å². The van der Waals surface area contributed by atoms with Gasteiger partial charge in [-0.3, -0.25) is 9.36 Å². The molecule has 0 saturated heterocycles. The van der Waals surface area contributed by atoms with Gasteiger partial charge in [0.05, 0.1) is 12.3 Å². The average molecular weight is 335 g/mol. The van der Waals surface area contributed by atoms with Crippen molar-refractivity contribution in [3.05, 3.63) is 82.6 Å². The van der Waals surface area contributed by atoms with Crippen LogP contribution in [-0.2, 0) is 4.74 Å². The third-order valence-electron chi connectivity index (χ3n) is 3.75. The standard InChI is InChI=1S/C20H17NO4/c1-2-25-20(24)18-17(22)13-16(14-9-5-3-6-10-14)21(19(18)23)15-11-7-4-8-12-15/h3-13,22H,2H2,1H3. The Morgan fingerprint density at radius 3 is 2.24 bits per heavy atom. The number of esters is 1. The SMILES string of the molecule is CCOC(=O)c1c(O)cc(-c2ccccc2)n(-c2ccccc2)c1=O. The summed E-state index contributed by atoms with van der Waals surface area (Å²) in [6.07, 6.45) is 0. The highest BCUT2D eigenvalue weighted by Gasteiger charge is 2.23. The van der Waals surface area contributed by atoms with Gasteiger partial charge in [0.2, 0.25) is 0 Å². The summed E-state index contributed by atoms with van der Waals surface area (Å²) in [4.78, 5) is 25.1. The van der Waals surface area contributed by atoms with Gasteiger partial charge in [0.15, 0.2) is 5.56 Å². The van der Waals surface area contributed by atoms with Crippen LogP contribution in [-0.4, -0.2) is 22.2 Å². The Morgan fingerprint density at radius 2 is 1.64 bits per heavy atom. The van der Waals surface area contributed by atoms with E-state index in [9.17, 15) is 14.7 Å². The van der Waals surface area contributed by atoms with Gasteiger partial charge in [-0.25, -0.2) is 4.79 Å². The lowest BCUT2D eigenvalue weighted by Crippen LogP contribution is -2.27. The van der Waals surface area contributed by atoms with E-state index in [2.05, 4.69) is 0 Å². The summed E-state index contributed by atoms with van der Waals surface area (Å²) < 4.78 is 6.32. The molecule has 0 saturated carbocycles. The van der Waals surface area contributed by atoms with Gasteiger partial charge in [-0.2, -0.15) is 0 Å². The molecule has 0 unspecified atom stereocenters. The van der Waals surface area contributed by atoms with E-state index in [0.717, 1.165) is 5.56 Å². The van der Waals surface area contributed by atoms with Crippen LogP contribution in [0.4, 0.5) is 0 Å². The summed E-state index contributed by atoms with van der Waals surface area (Å²) in [6.45, 7) is 1.76. The maximum Gasteiger partial charge on any atom is 0.347 e. The van der Waals surface area contributed by atoms with Crippen LogP contribution in [0.2, 0.25) is 0 Å². The third-order valence-corrected chi connectivity index (χ3v) is 3.75. The summed E-state index contributed by atoms with van der Waals surface area (Å²) in [5.74, 6) is -1.23. The minimum atomic E-state index is -0.839. The Hall–Kier alpha value is -3.34. The zero-order valence-corrected chi connectivity index (χ0v) is 13.7. The molecule has 0 spiro atoms. The lowest BCUT2D eigenvalue weighted by atomic mass is 10.1. The predicted octanol–water partition coefficient (Wildman–Crippen LogP) is 3.39. The third kappa shape index (κ3) is 3.17. The summed E-state index contributed by atoms with van der Waals surface area (Å²) >= 11 is 0. The number of carbonyl (C=O) groups excluding carboxylic acids is 1. The zero-order valence-electron chi connectivity index (χ0n) is 13.7. The largest absolute Gasteiger partial charge is 0.507 e. The highest BCUT2D eigenvalue weighted by Crippen LogP contribution is 2.27. The van der Waals surface area contributed by atoms with Gasteiger partial charge >= 0.3 is 5.97 Å². The van der Waals surface area contributed by atoms with Crippen LogP contribution in [0.15, 0.2) is 71.5 Å². The molecule has 0 aliphatic rings. The molecule has 0 aliphatic carbocycles. The van der Waals surface area contributed by atoms with Crippen molar-refractivity contribution in [2.24, 2.45) is 0 Å². The zero-order chi connectivity index (χ0) is 17.8. The van der Waals surface area contributed by atoms with Gasteiger partial charge in [-0.1, -0.05) is 48.5 Å². The van der Waals surface area contributed by atoms with Crippen LogP contribution in [0, 0.1) is 0 Å². The maximum atomic E-state index is 13.0. The first-order chi connectivity index (χ1) is 12.1. The van der Waals surface area contributed by atoms with E-state index in [1.807, 2.05) is 36.4 Å². The smallest absolute Gasteiger partial charge is 0.347 e. The van der Waals surface area contributed by atoms with Gasteiger partial charge in [0.1, 0.15) is 5.75 Å². The van der Waals surface area contributed by atoms with Crippen molar-refractivity contribution in [3.63, 3.8) is 0 Å². The van der Waals surface area contributed by atoms with E-state index in [1.54, 1.807) is 31.2 Å². The van der Waals surface area contributed by atoms with Gasteiger partial charge in [-0.15, -0.1) is 0 Å². The molecule has 25 heavy (non-hydrogen) atoms. The van der Waals surface area contributed by atoms with Gasteiger partial charge in [0.25, 0.3) is 5.56 Å². The first-order valence-electron chi connectivity index (χ1n) is 7.90. The molecule has 1 N–H and O–H groups in total. The van der Waals surface area contributed by atoms with Crippen LogP contribution in [0.25, 0.3) is 16.9 Å². The number of aromatic hydroxyl groups is 1. The molecule has 1 aromatic heterocycles. The van der Waals surface area contributed by atoms with Crippen molar-refractivity contribution in [1.82, 2.24) is 4.57 Å². The topological polar surface area (TPSA) is 68.5 Å². The number of rotatable bonds is 4. The Labute approximate surface area is 144 Å². The van der Waals surface area contributed by atoms with E-state index >= 15 is 0 Å². The first kappa shape index (κ1) is 16.5. The fourth-order valence-electron chi connectivity index (χ4n) is 2.65. The Kier molecular flexibility index (Phi) is 4.66. The molecule has 0 aliphatic heterocycles. The van der Waals surface area contributed by atoms with Crippen LogP contribution in [0.1, 0.15) is 17.3 Å². The van der Waals surface area contributed by atoms with E-state index in [0.29, 0.717) is 11.4 Å². The van der Waals surface area contributed by atoms with Crippen LogP contribution in [0.3, 0.4) is 0 Å². The summed E-state index contributed by atoms with van der Waals surface area (Å²) in [5.41, 5.74) is 0.835. The molecular weight excluding hydrogens is 318 g/mol. The number of carbonyl (C=O) groups is 1. The van der Waals surface area contributed by atoms with Crippen LogP contribution < -0.4 is 5.56 Å². The number of hydrogen-bond acceptors (Lipinski definition) is 4. The van der Waals surface area contributed by atoms with Crippen molar-refractivity contribution in [2.45, 2.75) is 6.92 Å². The Balaban J connectivity index is 2.34. The van der Waals surface area contributed by atoms with Crippen LogP contribution in [0.5, 0.6) is 5.75 Å². The number of ether oxygens (including phenoxy) is 1. The molecule has 3 aromatic rings.